The van der Waals surface area contributed by atoms with Gasteiger partial charge in [-0.05, 0) is 31.9 Å². The fourth-order valence-electron chi connectivity index (χ4n) is 3.44. The normalized spacial score (nSPS) is 17.0. The van der Waals surface area contributed by atoms with E-state index >= 15 is 0 Å². The molecule has 7 nitrogen and oxygen atoms in total. The van der Waals surface area contributed by atoms with E-state index in [2.05, 4.69) is 4.98 Å². The van der Waals surface area contributed by atoms with E-state index in [-0.39, 0.29) is 23.2 Å². The molecule has 0 bridgehead atoms. The van der Waals surface area contributed by atoms with Gasteiger partial charge in [0.1, 0.15) is 17.9 Å². The second-order valence-corrected chi connectivity index (χ2v) is 6.26. The lowest BCUT2D eigenvalue weighted by Crippen LogP contribution is -2.37. The van der Waals surface area contributed by atoms with Crippen LogP contribution in [0.5, 0.6) is 5.75 Å². The molecule has 0 radical (unpaired) electrons. The number of carboxylic acids is 1. The van der Waals surface area contributed by atoms with Gasteiger partial charge < -0.3 is 20.5 Å². The van der Waals surface area contributed by atoms with E-state index in [9.17, 15) is 14.7 Å². The first-order valence-electron chi connectivity index (χ1n) is 8.22. The lowest BCUT2D eigenvalue weighted by molar-refractivity contribution is -0.130. The van der Waals surface area contributed by atoms with E-state index in [1.165, 1.54) is 0 Å². The van der Waals surface area contributed by atoms with Crippen LogP contribution in [0.15, 0.2) is 18.2 Å². The topological polar surface area (TPSA) is 106 Å². The lowest BCUT2D eigenvalue weighted by Gasteiger charge is -2.24. The van der Waals surface area contributed by atoms with Crippen LogP contribution in [-0.2, 0) is 4.79 Å². The SMILES string of the molecule is CC(=O)N1CCCC1COc1cccc2nc(C)c(C(=O)O)c(N)c12. The number of pyridine rings is 1. The highest BCUT2D eigenvalue weighted by molar-refractivity contribution is 6.06. The van der Waals surface area contributed by atoms with Gasteiger partial charge in [0.05, 0.1) is 28.3 Å². The van der Waals surface area contributed by atoms with Crippen molar-refractivity contribution in [3.05, 3.63) is 29.5 Å². The summed E-state index contributed by atoms with van der Waals surface area (Å²) in [6, 6.07) is 5.33. The number of ether oxygens (including phenoxy) is 1. The molecule has 0 saturated carbocycles. The van der Waals surface area contributed by atoms with Gasteiger partial charge in [-0.1, -0.05) is 6.07 Å². The number of aromatic carboxylic acids is 1. The van der Waals surface area contributed by atoms with Crippen LogP contribution in [0.2, 0.25) is 0 Å². The number of fused-ring (bicyclic) bond motifs is 1. The predicted molar refractivity (Wildman–Crippen MR) is 93.8 cm³/mol. The Morgan fingerprint density at radius 3 is 2.88 bits per heavy atom. The minimum Gasteiger partial charge on any atom is -0.491 e. The van der Waals surface area contributed by atoms with Crippen LogP contribution < -0.4 is 10.5 Å². The number of likely N-dealkylation sites (tertiary alicyclic amines) is 1. The second kappa shape index (κ2) is 6.58. The predicted octanol–water partition coefficient (Wildman–Crippen LogP) is 2.21. The molecule has 3 rings (SSSR count). The Labute approximate surface area is 145 Å². The Balaban J connectivity index is 1.95. The molecule has 2 aromatic rings. The maximum absolute atomic E-state index is 11.7. The highest BCUT2D eigenvalue weighted by Crippen LogP contribution is 2.34. The number of aromatic nitrogens is 1. The maximum atomic E-state index is 11.7. The number of carbonyl (C=O) groups excluding carboxylic acids is 1. The molecular weight excluding hydrogens is 322 g/mol. The van der Waals surface area contributed by atoms with Gasteiger partial charge in [-0.25, -0.2) is 4.79 Å². The number of carbonyl (C=O) groups is 2. The number of carboxylic acid groups (broad SMARTS) is 1. The highest BCUT2D eigenvalue weighted by Gasteiger charge is 2.27. The second-order valence-electron chi connectivity index (χ2n) is 6.26. The van der Waals surface area contributed by atoms with Gasteiger partial charge in [0, 0.05) is 13.5 Å². The summed E-state index contributed by atoms with van der Waals surface area (Å²) in [5, 5.41) is 9.89. The Kier molecular flexibility index (Phi) is 4.48. The van der Waals surface area contributed by atoms with Crippen molar-refractivity contribution < 1.29 is 19.4 Å². The molecular formula is C18H21N3O4. The van der Waals surface area contributed by atoms with Gasteiger partial charge >= 0.3 is 5.97 Å². The van der Waals surface area contributed by atoms with Crippen LogP contribution in [-0.4, -0.2) is 46.1 Å². The number of anilines is 1. The number of hydrogen-bond donors (Lipinski definition) is 2. The zero-order valence-corrected chi connectivity index (χ0v) is 14.3. The fraction of sp³-hybridized carbons (Fsp3) is 0.389. The molecule has 1 aromatic carbocycles. The first-order valence-corrected chi connectivity index (χ1v) is 8.22. The van der Waals surface area contributed by atoms with Crippen LogP contribution in [0, 0.1) is 6.92 Å². The zero-order chi connectivity index (χ0) is 18.1. The third-order valence-electron chi connectivity index (χ3n) is 4.62. The van der Waals surface area contributed by atoms with E-state index in [4.69, 9.17) is 10.5 Å². The van der Waals surface area contributed by atoms with Crippen LogP contribution in [0.1, 0.15) is 35.8 Å². The number of nitrogen functional groups attached to an aromatic ring is 1. The van der Waals surface area contributed by atoms with Crippen LogP contribution in [0.25, 0.3) is 10.9 Å². The fourth-order valence-corrected chi connectivity index (χ4v) is 3.44. The standard InChI is InChI=1S/C18H21N3O4/c1-10-15(18(23)24)17(19)16-13(20-10)6-3-7-14(16)25-9-12-5-4-8-21(12)11(2)22/h3,6-7,12H,4-5,8-9H2,1-2H3,(H2,19,20)(H,23,24). The van der Waals surface area contributed by atoms with Crippen molar-refractivity contribution in [2.75, 3.05) is 18.9 Å². The highest BCUT2D eigenvalue weighted by atomic mass is 16.5. The van der Waals surface area contributed by atoms with Crippen LogP contribution in [0.4, 0.5) is 5.69 Å². The summed E-state index contributed by atoms with van der Waals surface area (Å²) < 4.78 is 5.93. The molecule has 1 saturated heterocycles. The summed E-state index contributed by atoms with van der Waals surface area (Å²) in [7, 11) is 0. The average Bonchev–Trinajstić information content (AvgIpc) is 3.00. The molecule has 1 atom stereocenters. The summed E-state index contributed by atoms with van der Waals surface area (Å²) in [6.07, 6.45) is 1.84. The van der Waals surface area contributed by atoms with Gasteiger partial charge in [-0.15, -0.1) is 0 Å². The lowest BCUT2D eigenvalue weighted by atomic mass is 10.1. The first-order chi connectivity index (χ1) is 11.9. The van der Waals surface area contributed by atoms with E-state index < -0.39 is 5.97 Å². The van der Waals surface area contributed by atoms with Crippen molar-refractivity contribution in [2.24, 2.45) is 0 Å². The summed E-state index contributed by atoms with van der Waals surface area (Å²) >= 11 is 0. The van der Waals surface area contributed by atoms with Gasteiger partial charge in [0.25, 0.3) is 0 Å². The van der Waals surface area contributed by atoms with Crippen molar-refractivity contribution in [2.45, 2.75) is 32.7 Å². The third-order valence-corrected chi connectivity index (χ3v) is 4.62. The van der Waals surface area contributed by atoms with Crippen molar-refractivity contribution in [3.8, 4) is 5.75 Å². The van der Waals surface area contributed by atoms with Crippen LogP contribution >= 0.6 is 0 Å². The number of hydrogen-bond acceptors (Lipinski definition) is 5. The number of benzene rings is 1. The maximum Gasteiger partial charge on any atom is 0.339 e. The van der Waals surface area contributed by atoms with Crippen molar-refractivity contribution in [3.63, 3.8) is 0 Å². The molecule has 1 fully saturated rings. The molecule has 0 aliphatic carbocycles. The molecule has 0 spiro atoms. The molecule has 1 amide bonds. The summed E-state index contributed by atoms with van der Waals surface area (Å²) in [5.41, 5.74) is 7.22. The number of rotatable bonds is 4. The summed E-state index contributed by atoms with van der Waals surface area (Å²) in [5.74, 6) is -0.591. The molecule has 2 heterocycles. The Morgan fingerprint density at radius 2 is 2.20 bits per heavy atom. The zero-order valence-electron chi connectivity index (χ0n) is 14.3. The molecule has 1 aromatic heterocycles. The smallest absolute Gasteiger partial charge is 0.339 e. The number of aryl methyl sites for hydroxylation is 1. The summed E-state index contributed by atoms with van der Waals surface area (Å²) in [6.45, 7) is 4.26. The molecule has 1 aliphatic heterocycles. The van der Waals surface area contributed by atoms with Crippen molar-refractivity contribution >= 4 is 28.5 Å². The van der Waals surface area contributed by atoms with Crippen molar-refractivity contribution in [1.82, 2.24) is 9.88 Å². The minimum absolute atomic E-state index is 0.00483. The first kappa shape index (κ1) is 17.0. The van der Waals surface area contributed by atoms with Gasteiger partial charge in [-0.3, -0.25) is 9.78 Å². The summed E-state index contributed by atoms with van der Waals surface area (Å²) in [4.78, 5) is 29.3. The van der Waals surface area contributed by atoms with Gasteiger partial charge in [-0.2, -0.15) is 0 Å². The number of nitrogens with two attached hydrogens (primary N) is 1. The van der Waals surface area contributed by atoms with Crippen molar-refractivity contribution in [1.29, 1.82) is 0 Å². The van der Waals surface area contributed by atoms with Gasteiger partial charge in [0.15, 0.2) is 0 Å². The Bertz CT molecular complexity index is 850. The van der Waals surface area contributed by atoms with E-state index in [0.717, 1.165) is 19.4 Å². The quantitative estimate of drug-likeness (QED) is 0.882. The number of amides is 1. The van der Waals surface area contributed by atoms with E-state index in [0.29, 0.717) is 29.0 Å². The molecule has 1 aliphatic rings. The molecule has 25 heavy (non-hydrogen) atoms. The Morgan fingerprint density at radius 1 is 1.44 bits per heavy atom. The molecule has 132 valence electrons. The number of nitrogens with zero attached hydrogens (tertiary/aromatic N) is 2. The molecule has 3 N–H and O–H groups in total. The average molecular weight is 343 g/mol. The van der Waals surface area contributed by atoms with E-state index in [1.807, 2.05) is 0 Å². The molecule has 1 unspecified atom stereocenters. The Hall–Kier alpha value is -2.83. The van der Waals surface area contributed by atoms with Gasteiger partial charge in [0.2, 0.25) is 5.91 Å². The largest absolute Gasteiger partial charge is 0.491 e. The molecule has 7 heteroatoms. The monoisotopic (exact) mass is 343 g/mol. The van der Waals surface area contributed by atoms with E-state index in [1.54, 1.807) is 36.9 Å². The minimum atomic E-state index is -1.11. The van der Waals surface area contributed by atoms with Crippen LogP contribution in [0.3, 0.4) is 0 Å². The third kappa shape index (κ3) is 3.09.